The van der Waals surface area contributed by atoms with E-state index in [-0.39, 0.29) is 6.04 Å². The molecule has 1 aliphatic rings. The van der Waals surface area contributed by atoms with Crippen molar-refractivity contribution in [3.05, 3.63) is 35.4 Å². The largest absolute Gasteiger partial charge is 0.531 e. The number of phosphoric ester groups is 1. The Balaban J connectivity index is 2.18. The van der Waals surface area contributed by atoms with Crippen LogP contribution in [0, 0.1) is 0 Å². The number of ether oxygens (including phenoxy) is 3. The molecule has 0 bridgehead atoms. The van der Waals surface area contributed by atoms with Crippen LogP contribution in [0.25, 0.3) is 11.1 Å². The Labute approximate surface area is 221 Å². The molecule has 8 nitrogen and oxygen atoms in total. The molecule has 0 saturated carbocycles. The lowest BCUT2D eigenvalue weighted by molar-refractivity contribution is 0.0224. The monoisotopic (exact) mass is 535 g/mol. The Bertz CT molecular complexity index is 1130. The fourth-order valence-electron chi connectivity index (χ4n) is 4.58. The van der Waals surface area contributed by atoms with E-state index in [9.17, 15) is 4.57 Å². The van der Waals surface area contributed by atoms with Crippen molar-refractivity contribution in [3.8, 4) is 34.1 Å². The molecule has 1 atom stereocenters. The molecule has 3 rings (SSSR count). The molecule has 2 aromatic carbocycles. The van der Waals surface area contributed by atoms with Gasteiger partial charge in [0.2, 0.25) is 5.75 Å². The lowest BCUT2D eigenvalue weighted by Gasteiger charge is -2.31. The van der Waals surface area contributed by atoms with Crippen molar-refractivity contribution in [1.82, 2.24) is 5.32 Å². The fraction of sp³-hybridized carbons (Fsp3) is 0.571. The van der Waals surface area contributed by atoms with Crippen molar-refractivity contribution >= 4 is 7.82 Å². The highest BCUT2D eigenvalue weighted by molar-refractivity contribution is 7.49. The maximum Gasteiger partial charge on any atom is 0.531 e. The van der Waals surface area contributed by atoms with Crippen LogP contribution in [0.4, 0.5) is 0 Å². The molecular formula is C28H42NO7P. The number of benzene rings is 2. The molecule has 1 N–H and O–H groups in total. The topological polar surface area (TPSA) is 84.5 Å². The molecule has 0 unspecified atom stereocenters. The minimum Gasteiger partial charge on any atom is -0.493 e. The molecule has 0 spiro atoms. The van der Waals surface area contributed by atoms with Crippen LogP contribution in [0.3, 0.4) is 0 Å². The van der Waals surface area contributed by atoms with Crippen LogP contribution in [0.5, 0.6) is 23.0 Å². The number of fused-ring (bicyclic) bond motifs is 3. The van der Waals surface area contributed by atoms with E-state index in [1.807, 2.05) is 59.7 Å². The van der Waals surface area contributed by atoms with Gasteiger partial charge in [-0.15, -0.1) is 0 Å². The predicted octanol–water partition coefficient (Wildman–Crippen LogP) is 7.09. The second-order valence-electron chi connectivity index (χ2n) is 11.0. The smallest absolute Gasteiger partial charge is 0.493 e. The first-order valence-corrected chi connectivity index (χ1v) is 14.1. The molecular weight excluding hydrogens is 493 g/mol. The van der Waals surface area contributed by atoms with Crippen molar-refractivity contribution in [1.29, 1.82) is 0 Å². The lowest BCUT2D eigenvalue weighted by Crippen LogP contribution is -2.25. The third kappa shape index (κ3) is 6.99. The van der Waals surface area contributed by atoms with E-state index in [4.69, 9.17) is 27.8 Å². The van der Waals surface area contributed by atoms with E-state index in [1.54, 1.807) is 27.4 Å². The highest BCUT2D eigenvalue weighted by Gasteiger charge is 2.39. The summed E-state index contributed by atoms with van der Waals surface area (Å²) >= 11 is 0. The quantitative estimate of drug-likeness (QED) is 0.341. The van der Waals surface area contributed by atoms with Crippen LogP contribution in [0.1, 0.15) is 72.1 Å². The SMILES string of the molecule is CCN[C@H]1CCc2cc(OC)c(OC)c(OC)c2-c2ccc(OP(=O)(OC(C)(C)C)OC(C)(C)C)cc21. The zero-order valence-corrected chi connectivity index (χ0v) is 24.7. The Morgan fingerprint density at radius 1 is 0.919 bits per heavy atom. The first kappa shape index (κ1) is 29.3. The van der Waals surface area contributed by atoms with Gasteiger partial charge < -0.3 is 24.1 Å². The lowest BCUT2D eigenvalue weighted by atomic mass is 9.93. The summed E-state index contributed by atoms with van der Waals surface area (Å²) in [6.45, 7) is 13.8. The summed E-state index contributed by atoms with van der Waals surface area (Å²) in [5.74, 6) is 2.18. The van der Waals surface area contributed by atoms with Crippen molar-refractivity contribution < 1.29 is 32.3 Å². The normalized spacial score (nSPS) is 15.9. The molecule has 0 heterocycles. The predicted molar refractivity (Wildman–Crippen MR) is 146 cm³/mol. The molecule has 37 heavy (non-hydrogen) atoms. The van der Waals surface area contributed by atoms with E-state index < -0.39 is 19.0 Å². The van der Waals surface area contributed by atoms with Gasteiger partial charge in [-0.2, -0.15) is 0 Å². The number of aryl methyl sites for hydroxylation is 1. The molecule has 9 heteroatoms. The Hall–Kier alpha value is -2.25. The molecule has 2 aromatic rings. The maximum atomic E-state index is 13.8. The van der Waals surface area contributed by atoms with Gasteiger partial charge in [-0.05, 0) is 95.8 Å². The van der Waals surface area contributed by atoms with Crippen LogP contribution in [-0.4, -0.2) is 39.1 Å². The summed E-state index contributed by atoms with van der Waals surface area (Å²) in [4.78, 5) is 0. The standard InChI is InChI=1S/C28H42NO7P/c1-11-29-22-15-12-18-16-23(31-8)25(32-9)26(33-10)24(18)20-14-13-19(17-21(20)22)34-37(30,35-27(2,3)4)36-28(5,6)7/h13-14,16-17,22,29H,11-12,15H2,1-10H3/t22-/m0/s1. The second kappa shape index (κ2) is 11.2. The van der Waals surface area contributed by atoms with Crippen LogP contribution in [-0.2, 0) is 20.0 Å². The van der Waals surface area contributed by atoms with Gasteiger partial charge in [0.1, 0.15) is 5.75 Å². The Morgan fingerprint density at radius 2 is 1.54 bits per heavy atom. The second-order valence-corrected chi connectivity index (χ2v) is 12.5. The molecule has 0 aromatic heterocycles. The summed E-state index contributed by atoms with van der Waals surface area (Å²) in [6.07, 6.45) is 1.64. The zero-order chi connectivity index (χ0) is 27.6. The van der Waals surface area contributed by atoms with Crippen molar-refractivity contribution in [2.45, 2.75) is 78.6 Å². The summed E-state index contributed by atoms with van der Waals surface area (Å²) in [6, 6.07) is 7.72. The van der Waals surface area contributed by atoms with Crippen LogP contribution >= 0.6 is 7.82 Å². The van der Waals surface area contributed by atoms with E-state index in [0.717, 1.165) is 41.6 Å². The van der Waals surface area contributed by atoms with Gasteiger partial charge in [0.25, 0.3) is 0 Å². The third-order valence-electron chi connectivity index (χ3n) is 5.72. The van der Waals surface area contributed by atoms with E-state index >= 15 is 0 Å². The van der Waals surface area contributed by atoms with Gasteiger partial charge in [-0.3, -0.25) is 9.05 Å². The number of hydrogen-bond donors (Lipinski definition) is 1. The molecule has 0 fully saturated rings. The van der Waals surface area contributed by atoms with Gasteiger partial charge in [0.15, 0.2) is 11.5 Å². The third-order valence-corrected chi connectivity index (χ3v) is 7.70. The fourth-order valence-corrected chi connectivity index (χ4v) is 6.41. The van der Waals surface area contributed by atoms with Crippen LogP contribution in [0.15, 0.2) is 24.3 Å². The van der Waals surface area contributed by atoms with Crippen molar-refractivity contribution in [2.24, 2.45) is 0 Å². The Kier molecular flexibility index (Phi) is 8.90. The number of rotatable bonds is 9. The number of methoxy groups -OCH3 is 3. The van der Waals surface area contributed by atoms with Crippen LogP contribution in [0.2, 0.25) is 0 Å². The minimum absolute atomic E-state index is 0.0316. The average Bonchev–Trinajstić information content (AvgIpc) is 2.92. The average molecular weight is 536 g/mol. The summed E-state index contributed by atoms with van der Waals surface area (Å²) in [5, 5.41) is 3.59. The number of phosphoric acid groups is 1. The molecule has 1 aliphatic carbocycles. The summed E-state index contributed by atoms with van der Waals surface area (Å²) in [7, 11) is 0.902. The van der Waals surface area contributed by atoms with Gasteiger partial charge >= 0.3 is 7.82 Å². The van der Waals surface area contributed by atoms with Gasteiger partial charge in [-0.1, -0.05) is 13.0 Å². The summed E-state index contributed by atoms with van der Waals surface area (Å²) < 4.78 is 48.6. The Morgan fingerprint density at radius 3 is 2.05 bits per heavy atom. The number of hydrogen-bond acceptors (Lipinski definition) is 8. The van der Waals surface area contributed by atoms with Gasteiger partial charge in [-0.25, -0.2) is 4.57 Å². The first-order valence-electron chi connectivity index (χ1n) is 12.6. The highest BCUT2D eigenvalue weighted by atomic mass is 31.2. The molecule has 0 radical (unpaired) electrons. The highest BCUT2D eigenvalue weighted by Crippen LogP contribution is 2.56. The molecule has 0 aliphatic heterocycles. The number of nitrogens with one attached hydrogen (secondary N) is 1. The van der Waals surface area contributed by atoms with Crippen molar-refractivity contribution in [2.75, 3.05) is 27.9 Å². The van der Waals surface area contributed by atoms with Crippen LogP contribution < -0.4 is 24.1 Å². The van der Waals surface area contributed by atoms with Gasteiger partial charge in [0, 0.05) is 11.6 Å². The van der Waals surface area contributed by atoms with E-state index in [2.05, 4.69) is 12.2 Å². The molecule has 0 saturated heterocycles. The summed E-state index contributed by atoms with van der Waals surface area (Å²) in [5.41, 5.74) is 2.56. The molecule has 0 amide bonds. The van der Waals surface area contributed by atoms with Gasteiger partial charge in [0.05, 0.1) is 32.5 Å². The minimum atomic E-state index is -3.95. The maximum absolute atomic E-state index is 13.8. The van der Waals surface area contributed by atoms with E-state index in [0.29, 0.717) is 23.0 Å². The van der Waals surface area contributed by atoms with Crippen molar-refractivity contribution in [3.63, 3.8) is 0 Å². The molecule has 206 valence electrons. The zero-order valence-electron chi connectivity index (χ0n) is 23.8. The van der Waals surface area contributed by atoms with E-state index in [1.165, 1.54) is 0 Å². The first-order chi connectivity index (χ1) is 17.2.